The van der Waals surface area contributed by atoms with Crippen LogP contribution in [0.4, 0.5) is 0 Å². The molecule has 0 amide bonds. The van der Waals surface area contributed by atoms with Gasteiger partial charge in [-0.25, -0.2) is 0 Å². The lowest BCUT2D eigenvalue weighted by Crippen LogP contribution is -1.68. The van der Waals surface area contributed by atoms with Crippen LogP contribution in [0.15, 0.2) is 36.4 Å². The molecule has 0 aliphatic heterocycles. The molecule has 0 N–H and O–H groups in total. The Labute approximate surface area is 67.6 Å². The predicted octanol–water partition coefficient (Wildman–Crippen LogP) is 2.42. The molecule has 0 unspecified atom stereocenters. The highest BCUT2D eigenvalue weighted by Gasteiger charge is 1.78. The Morgan fingerprint density at radius 2 is 1.91 bits per heavy atom. The van der Waals surface area contributed by atoms with Crippen molar-refractivity contribution < 1.29 is 0 Å². The summed E-state index contributed by atoms with van der Waals surface area (Å²) < 4.78 is 0. The first-order valence-electron chi connectivity index (χ1n) is 3.53. The van der Waals surface area contributed by atoms with E-state index in [0.717, 1.165) is 5.56 Å². The summed E-state index contributed by atoms with van der Waals surface area (Å²) in [6.07, 6.45) is 4.61. The van der Waals surface area contributed by atoms with E-state index in [-0.39, 0.29) is 0 Å². The van der Waals surface area contributed by atoms with E-state index in [1.54, 1.807) is 6.08 Å². The second-order valence-corrected chi connectivity index (χ2v) is 2.05. The first kappa shape index (κ1) is 7.63. The van der Waals surface area contributed by atoms with Gasteiger partial charge in [0.25, 0.3) is 0 Å². The van der Waals surface area contributed by atoms with Crippen LogP contribution in [0.2, 0.25) is 0 Å². The number of benzene rings is 1. The Hall–Kier alpha value is -1.48. The third kappa shape index (κ3) is 2.73. The van der Waals surface area contributed by atoms with Gasteiger partial charge in [0, 0.05) is 11.6 Å². The molecule has 1 aromatic carbocycles. The molecule has 1 rings (SSSR count). The average molecular weight is 141 g/mol. The SMILES string of the molecule is CC=[C]C#Cc1ccccc1. The van der Waals surface area contributed by atoms with Crippen molar-refractivity contribution in [1.82, 2.24) is 0 Å². The van der Waals surface area contributed by atoms with E-state index < -0.39 is 0 Å². The van der Waals surface area contributed by atoms with Gasteiger partial charge in [-0.2, -0.15) is 0 Å². The molecule has 1 radical (unpaired) electrons. The fourth-order valence-corrected chi connectivity index (χ4v) is 0.702. The first-order valence-corrected chi connectivity index (χ1v) is 3.53. The summed E-state index contributed by atoms with van der Waals surface area (Å²) in [5, 5.41) is 0. The Kier molecular flexibility index (Phi) is 3.02. The number of hydrogen-bond donors (Lipinski definition) is 0. The lowest BCUT2D eigenvalue weighted by atomic mass is 10.2. The second-order valence-electron chi connectivity index (χ2n) is 2.05. The zero-order valence-electron chi connectivity index (χ0n) is 6.46. The Balaban J connectivity index is 2.74. The van der Waals surface area contributed by atoms with Gasteiger partial charge in [-0.3, -0.25) is 0 Å². The molecule has 0 spiro atoms. The van der Waals surface area contributed by atoms with E-state index in [1.165, 1.54) is 0 Å². The van der Waals surface area contributed by atoms with Crippen molar-refractivity contribution in [2.45, 2.75) is 6.92 Å². The van der Waals surface area contributed by atoms with Crippen molar-refractivity contribution in [2.24, 2.45) is 0 Å². The lowest BCUT2D eigenvalue weighted by molar-refractivity contribution is 1.64. The molecule has 11 heavy (non-hydrogen) atoms. The molecule has 0 heterocycles. The molecule has 0 heteroatoms. The monoisotopic (exact) mass is 141 g/mol. The highest BCUT2D eigenvalue weighted by Crippen LogP contribution is 1.94. The van der Waals surface area contributed by atoms with Gasteiger partial charge in [0.05, 0.1) is 0 Å². The van der Waals surface area contributed by atoms with E-state index in [2.05, 4.69) is 17.9 Å². The van der Waals surface area contributed by atoms with Crippen molar-refractivity contribution in [3.8, 4) is 11.8 Å². The zero-order chi connectivity index (χ0) is 7.94. The Bertz CT molecular complexity index is 283. The number of allylic oxidation sites excluding steroid dienone is 2. The van der Waals surface area contributed by atoms with Gasteiger partial charge in [-0.05, 0) is 19.1 Å². The first-order chi connectivity index (χ1) is 5.43. The van der Waals surface area contributed by atoms with Crippen molar-refractivity contribution in [1.29, 1.82) is 0 Å². The van der Waals surface area contributed by atoms with Crippen LogP contribution in [-0.4, -0.2) is 0 Å². The van der Waals surface area contributed by atoms with E-state index in [1.807, 2.05) is 37.3 Å². The molecule has 0 aromatic heterocycles. The second kappa shape index (κ2) is 4.35. The van der Waals surface area contributed by atoms with Crippen LogP contribution in [0.25, 0.3) is 0 Å². The predicted molar refractivity (Wildman–Crippen MR) is 46.8 cm³/mol. The van der Waals surface area contributed by atoms with Crippen LogP contribution in [0, 0.1) is 17.9 Å². The molecule has 0 saturated heterocycles. The smallest absolute Gasteiger partial charge is 0.0359 e. The summed E-state index contributed by atoms with van der Waals surface area (Å²) >= 11 is 0. The standard InChI is InChI=1S/C11H9/c1-2-3-5-8-11-9-6-4-7-10-11/h2,4,6-7,9-10H,1H3. The van der Waals surface area contributed by atoms with Gasteiger partial charge < -0.3 is 0 Å². The normalized spacial score (nSPS) is 9.18. The fourth-order valence-electron chi connectivity index (χ4n) is 0.702. The molecular weight excluding hydrogens is 132 g/mol. The highest BCUT2D eigenvalue weighted by molar-refractivity contribution is 5.34. The quantitative estimate of drug-likeness (QED) is 0.487. The van der Waals surface area contributed by atoms with E-state index in [0.29, 0.717) is 0 Å². The van der Waals surface area contributed by atoms with Crippen LogP contribution >= 0.6 is 0 Å². The van der Waals surface area contributed by atoms with Crippen molar-refractivity contribution >= 4 is 0 Å². The molecule has 0 aliphatic carbocycles. The van der Waals surface area contributed by atoms with E-state index in [9.17, 15) is 0 Å². The van der Waals surface area contributed by atoms with Crippen LogP contribution in [0.3, 0.4) is 0 Å². The molecule has 0 saturated carbocycles. The summed E-state index contributed by atoms with van der Waals surface area (Å²) in [5.41, 5.74) is 1.03. The highest BCUT2D eigenvalue weighted by atomic mass is 13.8. The topological polar surface area (TPSA) is 0 Å². The number of rotatable bonds is 0. The molecule has 53 valence electrons. The van der Waals surface area contributed by atoms with E-state index in [4.69, 9.17) is 0 Å². The Morgan fingerprint density at radius 3 is 2.55 bits per heavy atom. The summed E-state index contributed by atoms with van der Waals surface area (Å²) in [6, 6.07) is 9.87. The van der Waals surface area contributed by atoms with Crippen LogP contribution in [0.5, 0.6) is 0 Å². The molecule has 1 aromatic rings. The molecule has 0 nitrogen and oxygen atoms in total. The third-order valence-corrected chi connectivity index (χ3v) is 1.20. The molecule has 0 aliphatic rings. The van der Waals surface area contributed by atoms with Crippen LogP contribution in [0.1, 0.15) is 12.5 Å². The maximum atomic E-state index is 2.95. The van der Waals surface area contributed by atoms with Gasteiger partial charge >= 0.3 is 0 Å². The van der Waals surface area contributed by atoms with E-state index >= 15 is 0 Å². The molecule has 0 fully saturated rings. The van der Waals surface area contributed by atoms with Gasteiger partial charge in [0.1, 0.15) is 0 Å². The zero-order valence-corrected chi connectivity index (χ0v) is 6.46. The van der Waals surface area contributed by atoms with Crippen LogP contribution < -0.4 is 0 Å². The lowest BCUT2D eigenvalue weighted by Gasteiger charge is -1.83. The largest absolute Gasteiger partial charge is 0.0707 e. The van der Waals surface area contributed by atoms with Gasteiger partial charge in [-0.1, -0.05) is 36.1 Å². The van der Waals surface area contributed by atoms with Gasteiger partial charge in [0.15, 0.2) is 0 Å². The van der Waals surface area contributed by atoms with Crippen LogP contribution in [-0.2, 0) is 0 Å². The average Bonchev–Trinajstić information content (AvgIpc) is 2.07. The van der Waals surface area contributed by atoms with Gasteiger partial charge in [0.2, 0.25) is 0 Å². The van der Waals surface area contributed by atoms with Crippen molar-refractivity contribution in [2.75, 3.05) is 0 Å². The van der Waals surface area contributed by atoms with Gasteiger partial charge in [-0.15, -0.1) is 0 Å². The minimum atomic E-state index is 1.03. The fraction of sp³-hybridized carbons (Fsp3) is 0.0909. The minimum absolute atomic E-state index is 1.03. The van der Waals surface area contributed by atoms with Crippen molar-refractivity contribution in [3.05, 3.63) is 48.0 Å². The Morgan fingerprint density at radius 1 is 1.18 bits per heavy atom. The maximum Gasteiger partial charge on any atom is 0.0359 e. The molecule has 0 bridgehead atoms. The summed E-state index contributed by atoms with van der Waals surface area (Å²) in [7, 11) is 0. The minimum Gasteiger partial charge on any atom is -0.0707 e. The summed E-state index contributed by atoms with van der Waals surface area (Å²) in [4.78, 5) is 0. The third-order valence-electron chi connectivity index (χ3n) is 1.20. The molecular formula is C11H9. The number of hydrogen-bond acceptors (Lipinski definition) is 0. The summed E-state index contributed by atoms with van der Waals surface area (Å²) in [6.45, 7) is 1.90. The van der Waals surface area contributed by atoms with Crippen molar-refractivity contribution in [3.63, 3.8) is 0 Å². The maximum absolute atomic E-state index is 2.95. The summed E-state index contributed by atoms with van der Waals surface area (Å²) in [5.74, 6) is 5.75. The molecule has 0 atom stereocenters.